The number of ether oxygens (including phenoxy) is 3. The van der Waals surface area contributed by atoms with Crippen LogP contribution in [0.2, 0.25) is 0 Å². The van der Waals surface area contributed by atoms with E-state index in [9.17, 15) is 14.4 Å². The number of carbonyl (C=O) groups excluding carboxylic acids is 3. The van der Waals surface area contributed by atoms with Gasteiger partial charge in [0.1, 0.15) is 0 Å². The van der Waals surface area contributed by atoms with E-state index in [2.05, 4.69) is 6.58 Å². The molecule has 0 aromatic carbocycles. The quantitative estimate of drug-likeness (QED) is 0.543. The van der Waals surface area contributed by atoms with Gasteiger partial charge in [-0.1, -0.05) is 6.58 Å². The Labute approximate surface area is 104 Å². The Kier molecular flexibility index (Phi) is 3.11. The van der Waals surface area contributed by atoms with Gasteiger partial charge < -0.3 is 14.2 Å². The zero-order valence-electron chi connectivity index (χ0n) is 10.1. The van der Waals surface area contributed by atoms with Crippen molar-refractivity contribution in [3.8, 4) is 0 Å². The fourth-order valence-corrected chi connectivity index (χ4v) is 2.16. The highest BCUT2D eigenvalue weighted by atomic mass is 16.7. The standard InChI is InChI=1S/C12H14O6/c1-7(2)11(15)16-4-3-12-8(5-9(13)17-12)6-10(14)18-12/h8H,1,3-6H2,2H3. The highest BCUT2D eigenvalue weighted by Gasteiger charge is 2.57. The molecule has 0 spiro atoms. The van der Waals surface area contributed by atoms with Gasteiger partial charge in [0.15, 0.2) is 0 Å². The van der Waals surface area contributed by atoms with Crippen LogP contribution in [-0.4, -0.2) is 30.3 Å². The SMILES string of the molecule is C=C(C)C(=O)OCCC12OC(=O)CC1CC(=O)O2. The van der Waals surface area contributed by atoms with Crippen LogP contribution >= 0.6 is 0 Å². The molecule has 2 heterocycles. The van der Waals surface area contributed by atoms with Crippen LogP contribution in [0.4, 0.5) is 0 Å². The molecule has 2 fully saturated rings. The normalized spacial score (nSPS) is 29.5. The summed E-state index contributed by atoms with van der Waals surface area (Å²) in [5.74, 6) is -2.81. The lowest BCUT2D eigenvalue weighted by Crippen LogP contribution is -2.35. The lowest BCUT2D eigenvalue weighted by Gasteiger charge is -2.25. The van der Waals surface area contributed by atoms with Crippen molar-refractivity contribution in [1.82, 2.24) is 0 Å². The Hall–Kier alpha value is -1.85. The average Bonchev–Trinajstić information content (AvgIpc) is 2.68. The van der Waals surface area contributed by atoms with Crippen molar-refractivity contribution in [1.29, 1.82) is 0 Å². The molecule has 2 aliphatic heterocycles. The number of carbonyl (C=O) groups is 3. The minimum atomic E-state index is -1.23. The Morgan fingerprint density at radius 2 is 1.94 bits per heavy atom. The van der Waals surface area contributed by atoms with Crippen molar-refractivity contribution in [3.63, 3.8) is 0 Å². The van der Waals surface area contributed by atoms with Crippen LogP contribution in [0, 0.1) is 5.92 Å². The van der Waals surface area contributed by atoms with Gasteiger partial charge >= 0.3 is 17.9 Å². The van der Waals surface area contributed by atoms with Crippen LogP contribution in [0.15, 0.2) is 12.2 Å². The molecule has 6 nitrogen and oxygen atoms in total. The van der Waals surface area contributed by atoms with Gasteiger partial charge in [-0.05, 0) is 6.92 Å². The fourth-order valence-electron chi connectivity index (χ4n) is 2.16. The van der Waals surface area contributed by atoms with Gasteiger partial charge in [-0.15, -0.1) is 0 Å². The smallest absolute Gasteiger partial charge is 0.333 e. The van der Waals surface area contributed by atoms with E-state index in [0.717, 1.165) is 0 Å². The summed E-state index contributed by atoms with van der Waals surface area (Å²) in [6.07, 6.45) is 0.495. The molecule has 18 heavy (non-hydrogen) atoms. The maximum Gasteiger partial charge on any atom is 0.333 e. The maximum atomic E-state index is 11.2. The van der Waals surface area contributed by atoms with Crippen molar-refractivity contribution in [2.75, 3.05) is 6.61 Å². The van der Waals surface area contributed by atoms with Gasteiger partial charge in [-0.25, -0.2) is 4.79 Å². The topological polar surface area (TPSA) is 78.9 Å². The lowest BCUT2D eigenvalue weighted by molar-refractivity contribution is -0.210. The van der Waals surface area contributed by atoms with E-state index >= 15 is 0 Å². The van der Waals surface area contributed by atoms with E-state index in [1.807, 2.05) is 0 Å². The molecule has 0 radical (unpaired) electrons. The second-order valence-electron chi connectivity index (χ2n) is 4.53. The Bertz CT molecular complexity index is 404. The molecule has 2 rings (SSSR count). The summed E-state index contributed by atoms with van der Waals surface area (Å²) < 4.78 is 15.1. The maximum absolute atomic E-state index is 11.2. The van der Waals surface area contributed by atoms with E-state index in [1.165, 1.54) is 6.92 Å². The largest absolute Gasteiger partial charge is 0.462 e. The number of hydrogen-bond acceptors (Lipinski definition) is 6. The van der Waals surface area contributed by atoms with Crippen molar-refractivity contribution in [2.45, 2.75) is 32.0 Å². The number of esters is 3. The van der Waals surface area contributed by atoms with Crippen molar-refractivity contribution in [3.05, 3.63) is 12.2 Å². The van der Waals surface area contributed by atoms with Crippen molar-refractivity contribution >= 4 is 17.9 Å². The number of fused-ring (bicyclic) bond motifs is 1. The molecule has 0 aliphatic carbocycles. The van der Waals surface area contributed by atoms with Gasteiger partial charge in [-0.2, -0.15) is 0 Å². The van der Waals surface area contributed by atoms with E-state index < -0.39 is 23.7 Å². The lowest BCUT2D eigenvalue weighted by atomic mass is 9.95. The molecular weight excluding hydrogens is 240 g/mol. The third-order valence-electron chi connectivity index (χ3n) is 3.05. The minimum absolute atomic E-state index is 0.0166. The summed E-state index contributed by atoms with van der Waals surface area (Å²) in [4.78, 5) is 33.7. The van der Waals surface area contributed by atoms with Gasteiger partial charge in [0.05, 0.1) is 31.8 Å². The molecule has 0 atom stereocenters. The van der Waals surface area contributed by atoms with Crippen LogP contribution in [0.25, 0.3) is 0 Å². The first kappa shape index (κ1) is 12.6. The van der Waals surface area contributed by atoms with Gasteiger partial charge in [0.25, 0.3) is 5.79 Å². The molecule has 0 amide bonds. The molecule has 2 saturated heterocycles. The molecule has 0 aromatic rings. The molecule has 6 heteroatoms. The van der Waals surface area contributed by atoms with Crippen LogP contribution in [0.5, 0.6) is 0 Å². The van der Waals surface area contributed by atoms with Crippen LogP contribution < -0.4 is 0 Å². The minimum Gasteiger partial charge on any atom is -0.462 e. The van der Waals surface area contributed by atoms with Crippen LogP contribution in [0.3, 0.4) is 0 Å². The van der Waals surface area contributed by atoms with E-state index in [4.69, 9.17) is 14.2 Å². The molecular formula is C12H14O6. The molecule has 0 N–H and O–H groups in total. The second-order valence-corrected chi connectivity index (χ2v) is 4.53. The monoisotopic (exact) mass is 254 g/mol. The number of hydrogen-bond donors (Lipinski definition) is 0. The molecule has 2 aliphatic rings. The summed E-state index contributed by atoms with van der Waals surface area (Å²) in [6, 6.07) is 0. The highest BCUT2D eigenvalue weighted by Crippen LogP contribution is 2.44. The predicted molar refractivity (Wildman–Crippen MR) is 58.0 cm³/mol. The first-order chi connectivity index (χ1) is 8.43. The fraction of sp³-hybridized carbons (Fsp3) is 0.583. The zero-order chi connectivity index (χ0) is 13.3. The molecule has 98 valence electrons. The summed E-state index contributed by atoms with van der Waals surface area (Å²) in [5, 5.41) is 0. The van der Waals surface area contributed by atoms with Crippen molar-refractivity contribution < 1.29 is 28.6 Å². The van der Waals surface area contributed by atoms with E-state index in [0.29, 0.717) is 0 Å². The molecule has 0 aromatic heterocycles. The summed E-state index contributed by atoms with van der Waals surface area (Å²) in [7, 11) is 0. The zero-order valence-corrected chi connectivity index (χ0v) is 10.1. The van der Waals surface area contributed by atoms with Crippen LogP contribution in [0.1, 0.15) is 26.2 Å². The second kappa shape index (κ2) is 4.44. The third-order valence-corrected chi connectivity index (χ3v) is 3.05. The van der Waals surface area contributed by atoms with Gasteiger partial charge in [0.2, 0.25) is 0 Å². The number of rotatable bonds is 4. The van der Waals surface area contributed by atoms with Gasteiger partial charge in [-0.3, -0.25) is 9.59 Å². The first-order valence-electron chi connectivity index (χ1n) is 5.69. The van der Waals surface area contributed by atoms with E-state index in [1.54, 1.807) is 0 Å². The Morgan fingerprint density at radius 3 is 2.44 bits per heavy atom. The summed E-state index contributed by atoms with van der Waals surface area (Å²) in [6.45, 7) is 5.00. The molecule has 0 saturated carbocycles. The molecule has 0 unspecified atom stereocenters. The summed E-state index contributed by atoms with van der Waals surface area (Å²) >= 11 is 0. The third kappa shape index (κ3) is 2.23. The Balaban J connectivity index is 1.94. The highest BCUT2D eigenvalue weighted by molar-refractivity contribution is 5.86. The van der Waals surface area contributed by atoms with E-state index in [-0.39, 0.29) is 37.4 Å². The predicted octanol–water partition coefficient (Wildman–Crippen LogP) is 0.702. The average molecular weight is 254 g/mol. The van der Waals surface area contributed by atoms with Crippen molar-refractivity contribution in [2.24, 2.45) is 5.92 Å². The van der Waals surface area contributed by atoms with Gasteiger partial charge in [0, 0.05) is 5.57 Å². The first-order valence-corrected chi connectivity index (χ1v) is 5.69. The van der Waals surface area contributed by atoms with Crippen LogP contribution in [-0.2, 0) is 28.6 Å². The Morgan fingerprint density at radius 1 is 1.39 bits per heavy atom. The molecule has 0 bridgehead atoms. The summed E-state index contributed by atoms with van der Waals surface area (Å²) in [5.41, 5.74) is 0.288.